The molecule has 1 atom stereocenters. The zero-order valence-corrected chi connectivity index (χ0v) is 8.48. The largest absolute Gasteiger partial charge is 0.294 e. The van der Waals surface area contributed by atoms with Gasteiger partial charge in [0.25, 0.3) is 0 Å². The normalized spacial score (nSPS) is 33.8. The summed E-state index contributed by atoms with van der Waals surface area (Å²) in [6, 6.07) is 0. The van der Waals surface area contributed by atoms with Gasteiger partial charge in [0.05, 0.1) is 0 Å². The Hall–Kier alpha value is -0.590. The summed E-state index contributed by atoms with van der Waals surface area (Å²) in [5, 5.41) is 0. The summed E-state index contributed by atoms with van der Waals surface area (Å²) < 4.78 is 0. The van der Waals surface area contributed by atoms with Crippen LogP contribution in [-0.4, -0.2) is 5.78 Å². The first kappa shape index (κ1) is 9.50. The van der Waals surface area contributed by atoms with Gasteiger partial charge in [-0.3, -0.25) is 4.79 Å². The lowest BCUT2D eigenvalue weighted by molar-refractivity contribution is -0.125. The van der Waals surface area contributed by atoms with Crippen LogP contribution in [0.4, 0.5) is 0 Å². The summed E-state index contributed by atoms with van der Waals surface area (Å²) in [6.07, 6.45) is 5.71. The molecule has 0 aliphatic heterocycles. The second-order valence-corrected chi connectivity index (χ2v) is 4.78. The van der Waals surface area contributed by atoms with E-state index in [-0.39, 0.29) is 10.8 Å². The van der Waals surface area contributed by atoms with Gasteiger partial charge in [0.2, 0.25) is 0 Å². The second-order valence-electron chi connectivity index (χ2n) is 4.78. The minimum Gasteiger partial charge on any atom is -0.294 e. The molecule has 0 aromatic heterocycles. The highest BCUT2D eigenvalue weighted by Crippen LogP contribution is 2.41. The maximum atomic E-state index is 11.5. The summed E-state index contributed by atoms with van der Waals surface area (Å²) >= 11 is 0. The van der Waals surface area contributed by atoms with Gasteiger partial charge in [-0.2, -0.15) is 0 Å². The van der Waals surface area contributed by atoms with Gasteiger partial charge >= 0.3 is 0 Å². The molecule has 0 saturated heterocycles. The van der Waals surface area contributed by atoms with Crippen LogP contribution < -0.4 is 0 Å². The second kappa shape index (κ2) is 2.72. The molecule has 68 valence electrons. The van der Waals surface area contributed by atoms with E-state index in [1.54, 1.807) is 6.08 Å². The summed E-state index contributed by atoms with van der Waals surface area (Å²) in [5.41, 5.74) is 0.0803. The van der Waals surface area contributed by atoms with Crippen molar-refractivity contribution in [1.82, 2.24) is 0 Å². The molecule has 0 radical (unpaired) electrons. The van der Waals surface area contributed by atoms with Crippen LogP contribution in [0, 0.1) is 10.8 Å². The zero-order valence-electron chi connectivity index (χ0n) is 8.48. The van der Waals surface area contributed by atoms with Crippen molar-refractivity contribution in [2.24, 2.45) is 10.8 Å². The van der Waals surface area contributed by atoms with Gasteiger partial charge in [-0.1, -0.05) is 33.8 Å². The Morgan fingerprint density at radius 3 is 2.42 bits per heavy atom. The summed E-state index contributed by atoms with van der Waals surface area (Å²) in [5.74, 6) is 0.296. The Labute approximate surface area is 74.9 Å². The van der Waals surface area contributed by atoms with Gasteiger partial charge in [0.1, 0.15) is 0 Å². The molecule has 0 aromatic carbocycles. The van der Waals surface area contributed by atoms with E-state index >= 15 is 0 Å². The van der Waals surface area contributed by atoms with Gasteiger partial charge in [0, 0.05) is 5.41 Å². The molecule has 1 aliphatic carbocycles. The third-order valence-corrected chi connectivity index (χ3v) is 2.91. The van der Waals surface area contributed by atoms with Crippen molar-refractivity contribution in [1.29, 1.82) is 0 Å². The van der Waals surface area contributed by atoms with Gasteiger partial charge in [-0.25, -0.2) is 0 Å². The molecule has 1 rings (SSSR count). The Morgan fingerprint density at radius 2 is 2.00 bits per heavy atom. The molecule has 0 amide bonds. The highest BCUT2D eigenvalue weighted by Gasteiger charge is 2.37. The van der Waals surface area contributed by atoms with Crippen molar-refractivity contribution in [3.63, 3.8) is 0 Å². The van der Waals surface area contributed by atoms with Crippen LogP contribution in [0.1, 0.15) is 40.5 Å². The lowest BCUT2D eigenvalue weighted by atomic mass is 9.66. The Balaban J connectivity index is 2.95. The van der Waals surface area contributed by atoms with Crippen LogP contribution in [0.15, 0.2) is 12.2 Å². The standard InChI is InChI=1S/C11H18O/c1-5-11(4)8-10(2,3)7-6-9(11)12/h6-7H,5,8H2,1-4H3. The molecule has 0 aromatic rings. The lowest BCUT2D eigenvalue weighted by Crippen LogP contribution is -2.34. The minimum atomic E-state index is -0.113. The van der Waals surface area contributed by atoms with E-state index in [0.717, 1.165) is 12.8 Å². The number of carbonyl (C=O) groups is 1. The van der Waals surface area contributed by atoms with E-state index in [0.29, 0.717) is 5.78 Å². The SMILES string of the molecule is CCC1(C)CC(C)(C)C=CC1=O. The molecule has 0 heterocycles. The fraction of sp³-hybridized carbons (Fsp3) is 0.727. The maximum Gasteiger partial charge on any atom is 0.161 e. The van der Waals surface area contributed by atoms with E-state index in [1.807, 2.05) is 6.08 Å². The molecule has 0 saturated carbocycles. The molecule has 12 heavy (non-hydrogen) atoms. The van der Waals surface area contributed by atoms with Crippen LogP contribution in [-0.2, 0) is 4.79 Å². The van der Waals surface area contributed by atoms with Gasteiger partial charge in [-0.05, 0) is 24.3 Å². The molecule has 1 nitrogen and oxygen atoms in total. The lowest BCUT2D eigenvalue weighted by Gasteiger charge is -2.37. The molecule has 0 fully saturated rings. The molecule has 0 N–H and O–H groups in total. The fourth-order valence-corrected chi connectivity index (χ4v) is 1.95. The number of hydrogen-bond acceptors (Lipinski definition) is 1. The first-order chi connectivity index (χ1) is 5.40. The van der Waals surface area contributed by atoms with Crippen LogP contribution in [0.25, 0.3) is 0 Å². The van der Waals surface area contributed by atoms with Crippen molar-refractivity contribution >= 4 is 5.78 Å². The average molecular weight is 166 g/mol. The first-order valence-electron chi connectivity index (χ1n) is 4.63. The Kier molecular flexibility index (Phi) is 2.15. The summed E-state index contributed by atoms with van der Waals surface area (Å²) in [6.45, 7) is 8.53. The zero-order chi connectivity index (χ0) is 9.41. The number of ketones is 1. The van der Waals surface area contributed by atoms with E-state index < -0.39 is 0 Å². The van der Waals surface area contributed by atoms with Crippen molar-refractivity contribution < 1.29 is 4.79 Å². The number of rotatable bonds is 1. The predicted molar refractivity (Wildman–Crippen MR) is 50.9 cm³/mol. The molecule has 0 bridgehead atoms. The fourth-order valence-electron chi connectivity index (χ4n) is 1.95. The first-order valence-corrected chi connectivity index (χ1v) is 4.63. The molecule has 1 heteroatoms. The van der Waals surface area contributed by atoms with Crippen molar-refractivity contribution in [2.45, 2.75) is 40.5 Å². The van der Waals surface area contributed by atoms with Crippen LogP contribution >= 0.6 is 0 Å². The number of hydrogen-bond donors (Lipinski definition) is 0. The predicted octanol–water partition coefficient (Wildman–Crippen LogP) is 2.96. The molecule has 0 spiro atoms. The monoisotopic (exact) mass is 166 g/mol. The topological polar surface area (TPSA) is 17.1 Å². The smallest absolute Gasteiger partial charge is 0.161 e. The molecular formula is C11H18O. The summed E-state index contributed by atoms with van der Waals surface area (Å²) in [4.78, 5) is 11.5. The van der Waals surface area contributed by atoms with Gasteiger partial charge in [-0.15, -0.1) is 0 Å². The van der Waals surface area contributed by atoms with Crippen LogP contribution in [0.5, 0.6) is 0 Å². The third-order valence-electron chi connectivity index (χ3n) is 2.91. The van der Waals surface area contributed by atoms with Crippen LogP contribution in [0.3, 0.4) is 0 Å². The van der Waals surface area contributed by atoms with Crippen molar-refractivity contribution in [2.75, 3.05) is 0 Å². The number of carbonyl (C=O) groups excluding carboxylic acids is 1. The van der Waals surface area contributed by atoms with Crippen LogP contribution in [0.2, 0.25) is 0 Å². The van der Waals surface area contributed by atoms with Gasteiger partial charge < -0.3 is 0 Å². The van der Waals surface area contributed by atoms with Crippen molar-refractivity contribution in [3.05, 3.63) is 12.2 Å². The van der Waals surface area contributed by atoms with Gasteiger partial charge in [0.15, 0.2) is 5.78 Å². The third kappa shape index (κ3) is 1.60. The average Bonchev–Trinajstić information content (AvgIpc) is 1.97. The Morgan fingerprint density at radius 1 is 1.42 bits per heavy atom. The highest BCUT2D eigenvalue weighted by molar-refractivity contribution is 5.95. The Bertz CT molecular complexity index is 225. The van der Waals surface area contributed by atoms with E-state index in [1.165, 1.54) is 0 Å². The molecular weight excluding hydrogens is 148 g/mol. The van der Waals surface area contributed by atoms with E-state index in [4.69, 9.17) is 0 Å². The van der Waals surface area contributed by atoms with E-state index in [2.05, 4.69) is 27.7 Å². The number of allylic oxidation sites excluding steroid dienone is 2. The van der Waals surface area contributed by atoms with Crippen molar-refractivity contribution in [3.8, 4) is 0 Å². The minimum absolute atomic E-state index is 0.113. The quantitative estimate of drug-likeness (QED) is 0.585. The van der Waals surface area contributed by atoms with E-state index in [9.17, 15) is 4.79 Å². The molecule has 1 aliphatic rings. The summed E-state index contributed by atoms with van der Waals surface area (Å²) in [7, 11) is 0. The molecule has 1 unspecified atom stereocenters. The highest BCUT2D eigenvalue weighted by atomic mass is 16.1. The maximum absolute atomic E-state index is 11.5.